The summed E-state index contributed by atoms with van der Waals surface area (Å²) >= 11 is 0. The van der Waals surface area contributed by atoms with E-state index in [-0.39, 0.29) is 23.6 Å². The number of carbonyl (C=O) groups excluding carboxylic acids is 3. The minimum Gasteiger partial charge on any atom is -0.486 e. The highest BCUT2D eigenvalue weighted by Crippen LogP contribution is 2.49. The minimum absolute atomic E-state index is 0.0682. The topological polar surface area (TPSA) is 76.1 Å². The van der Waals surface area contributed by atoms with E-state index in [0.717, 1.165) is 19.4 Å². The number of nitrogens with zero attached hydrogens (tertiary/aromatic N) is 2. The molecule has 7 nitrogen and oxygen atoms in total. The van der Waals surface area contributed by atoms with Crippen molar-refractivity contribution in [2.45, 2.75) is 24.9 Å². The third-order valence-corrected chi connectivity index (χ3v) is 6.96. The van der Waals surface area contributed by atoms with Crippen molar-refractivity contribution in [3.8, 4) is 11.5 Å². The van der Waals surface area contributed by atoms with Crippen molar-refractivity contribution in [3.63, 3.8) is 0 Å². The zero-order chi connectivity index (χ0) is 21.1. The molecule has 2 aromatic rings. The van der Waals surface area contributed by atoms with Crippen LogP contribution < -0.4 is 14.4 Å². The van der Waals surface area contributed by atoms with Gasteiger partial charge in [-0.05, 0) is 31.5 Å². The fourth-order valence-corrected chi connectivity index (χ4v) is 5.71. The highest BCUT2D eigenvalue weighted by molar-refractivity contribution is 6.24. The lowest BCUT2D eigenvalue weighted by molar-refractivity contribution is -0.123. The molecule has 7 heteroatoms. The van der Waals surface area contributed by atoms with Crippen LogP contribution in [0.25, 0.3) is 0 Å². The lowest BCUT2D eigenvalue weighted by atomic mass is 9.85. The number of ether oxygens (including phenoxy) is 2. The van der Waals surface area contributed by atoms with Crippen molar-refractivity contribution >= 4 is 23.3 Å². The number of rotatable bonds is 3. The Hall–Kier alpha value is -3.19. The maximum atomic E-state index is 13.6. The number of benzene rings is 2. The number of anilines is 1. The summed E-state index contributed by atoms with van der Waals surface area (Å²) in [6, 6.07) is 13.5. The van der Waals surface area contributed by atoms with Crippen molar-refractivity contribution in [1.82, 2.24) is 4.90 Å². The zero-order valence-electron chi connectivity index (χ0n) is 16.9. The summed E-state index contributed by atoms with van der Waals surface area (Å²) in [5, 5.41) is 0. The van der Waals surface area contributed by atoms with Gasteiger partial charge in [-0.15, -0.1) is 0 Å². The summed E-state index contributed by atoms with van der Waals surface area (Å²) in [7, 11) is 0. The molecule has 2 aromatic carbocycles. The van der Waals surface area contributed by atoms with Gasteiger partial charge in [-0.2, -0.15) is 0 Å². The van der Waals surface area contributed by atoms with E-state index in [1.165, 1.54) is 4.90 Å². The number of fused-ring (bicyclic) bond motifs is 4. The van der Waals surface area contributed by atoms with Crippen molar-refractivity contribution in [3.05, 3.63) is 54.1 Å². The molecule has 6 rings (SSSR count). The molecule has 4 atom stereocenters. The largest absolute Gasteiger partial charge is 0.486 e. The van der Waals surface area contributed by atoms with Gasteiger partial charge in [-0.1, -0.05) is 30.3 Å². The van der Waals surface area contributed by atoms with Gasteiger partial charge in [-0.3, -0.25) is 19.3 Å². The molecule has 2 amide bonds. The van der Waals surface area contributed by atoms with Crippen LogP contribution in [-0.2, 0) is 9.59 Å². The van der Waals surface area contributed by atoms with Crippen molar-refractivity contribution in [2.24, 2.45) is 11.8 Å². The third-order valence-electron chi connectivity index (χ3n) is 6.96. The number of hydrogen-bond acceptors (Lipinski definition) is 6. The lowest BCUT2D eigenvalue weighted by Crippen LogP contribution is -2.46. The maximum absolute atomic E-state index is 13.6. The molecule has 0 radical (unpaired) electrons. The molecule has 3 fully saturated rings. The fraction of sp³-hybridized carbons (Fsp3) is 0.375. The molecule has 4 heterocycles. The van der Waals surface area contributed by atoms with Crippen molar-refractivity contribution in [2.75, 3.05) is 24.7 Å². The highest BCUT2D eigenvalue weighted by atomic mass is 16.6. The first kappa shape index (κ1) is 18.6. The van der Waals surface area contributed by atoms with Crippen molar-refractivity contribution < 1.29 is 23.9 Å². The first-order chi connectivity index (χ1) is 15.1. The summed E-state index contributed by atoms with van der Waals surface area (Å²) in [4.78, 5) is 43.9. The van der Waals surface area contributed by atoms with Gasteiger partial charge in [0.2, 0.25) is 11.8 Å². The third kappa shape index (κ3) is 2.66. The monoisotopic (exact) mass is 418 g/mol. The average Bonchev–Trinajstić information content (AvgIpc) is 3.45. The van der Waals surface area contributed by atoms with Gasteiger partial charge < -0.3 is 9.47 Å². The van der Waals surface area contributed by atoms with Gasteiger partial charge in [0.25, 0.3) is 0 Å². The van der Waals surface area contributed by atoms with E-state index in [2.05, 4.69) is 4.90 Å². The van der Waals surface area contributed by atoms with Crippen molar-refractivity contribution in [1.29, 1.82) is 0 Å². The molecule has 3 saturated heterocycles. The molecule has 0 saturated carbocycles. The molecule has 0 aliphatic carbocycles. The smallest absolute Gasteiger partial charge is 0.239 e. The van der Waals surface area contributed by atoms with Gasteiger partial charge in [0, 0.05) is 17.7 Å². The van der Waals surface area contributed by atoms with Gasteiger partial charge in [0.15, 0.2) is 17.3 Å². The van der Waals surface area contributed by atoms with Crippen LogP contribution in [0.2, 0.25) is 0 Å². The van der Waals surface area contributed by atoms with Gasteiger partial charge >= 0.3 is 0 Å². The second-order valence-corrected chi connectivity index (χ2v) is 8.51. The fourth-order valence-electron chi connectivity index (χ4n) is 5.71. The molecule has 158 valence electrons. The molecular weight excluding hydrogens is 396 g/mol. The van der Waals surface area contributed by atoms with Crippen LogP contribution in [0.15, 0.2) is 48.5 Å². The Morgan fingerprint density at radius 2 is 1.65 bits per heavy atom. The molecule has 4 aliphatic rings. The second kappa shape index (κ2) is 6.92. The van der Waals surface area contributed by atoms with Crippen LogP contribution in [0.1, 0.15) is 23.2 Å². The van der Waals surface area contributed by atoms with E-state index in [0.29, 0.717) is 36.0 Å². The number of carbonyl (C=O) groups is 3. The number of hydrogen-bond donors (Lipinski definition) is 0. The molecular formula is C24H22N2O5. The second-order valence-electron chi connectivity index (χ2n) is 8.51. The molecule has 4 aliphatic heterocycles. The summed E-state index contributed by atoms with van der Waals surface area (Å²) in [5.74, 6) is -0.596. The predicted octanol–water partition coefficient (Wildman–Crippen LogP) is 2.29. The molecule has 0 aromatic heterocycles. The number of ketones is 1. The first-order valence-corrected chi connectivity index (χ1v) is 10.8. The Kier molecular flexibility index (Phi) is 4.14. The number of amides is 2. The summed E-state index contributed by atoms with van der Waals surface area (Å²) in [6.07, 6.45) is 1.76. The molecule has 0 unspecified atom stereocenters. The molecule has 0 N–H and O–H groups in total. The van der Waals surface area contributed by atoms with E-state index < -0.39 is 17.9 Å². The lowest BCUT2D eigenvalue weighted by Gasteiger charge is -2.28. The quantitative estimate of drug-likeness (QED) is 0.562. The first-order valence-electron chi connectivity index (χ1n) is 10.8. The Labute approximate surface area is 179 Å². The normalized spacial score (nSPS) is 29.2. The van der Waals surface area contributed by atoms with Gasteiger partial charge in [0.05, 0.1) is 23.6 Å². The number of imide groups is 1. The highest BCUT2D eigenvalue weighted by Gasteiger charge is 2.64. The summed E-state index contributed by atoms with van der Waals surface area (Å²) in [5.41, 5.74) is 1.06. The van der Waals surface area contributed by atoms with Crippen LogP contribution in [0.5, 0.6) is 11.5 Å². The Bertz CT molecular complexity index is 1080. The summed E-state index contributed by atoms with van der Waals surface area (Å²) < 4.78 is 11.2. The molecule has 0 spiro atoms. The Balaban J connectivity index is 1.39. The van der Waals surface area contributed by atoms with Crippen LogP contribution >= 0.6 is 0 Å². The maximum Gasteiger partial charge on any atom is 0.239 e. The van der Waals surface area contributed by atoms with E-state index >= 15 is 0 Å². The van der Waals surface area contributed by atoms with Crippen LogP contribution in [0.4, 0.5) is 5.69 Å². The van der Waals surface area contributed by atoms with Crippen LogP contribution in [0.3, 0.4) is 0 Å². The van der Waals surface area contributed by atoms with Gasteiger partial charge in [0.1, 0.15) is 13.2 Å². The van der Waals surface area contributed by atoms with E-state index in [4.69, 9.17) is 9.47 Å². The SMILES string of the molecule is O=C(c1ccccc1)[C@@H]1[C@@H]2C(=O)N(c3ccc4c(c3)OCCO4)C(=O)[C@H]2[C@H]2CCCN21. The average molecular weight is 418 g/mol. The van der Waals surface area contributed by atoms with E-state index in [1.807, 2.05) is 18.2 Å². The van der Waals surface area contributed by atoms with Crippen LogP contribution in [0, 0.1) is 11.8 Å². The van der Waals surface area contributed by atoms with Crippen LogP contribution in [-0.4, -0.2) is 54.3 Å². The number of Topliss-reactive ketones (excluding diaryl/α,β-unsaturated/α-hetero) is 1. The predicted molar refractivity (Wildman–Crippen MR) is 111 cm³/mol. The van der Waals surface area contributed by atoms with Gasteiger partial charge in [-0.25, -0.2) is 4.90 Å². The summed E-state index contributed by atoms with van der Waals surface area (Å²) in [6.45, 7) is 1.64. The Morgan fingerprint density at radius 1 is 0.903 bits per heavy atom. The molecule has 31 heavy (non-hydrogen) atoms. The minimum atomic E-state index is -0.654. The molecule has 0 bridgehead atoms. The Morgan fingerprint density at radius 3 is 2.45 bits per heavy atom. The van der Waals surface area contributed by atoms with E-state index in [9.17, 15) is 14.4 Å². The zero-order valence-corrected chi connectivity index (χ0v) is 16.9. The van der Waals surface area contributed by atoms with E-state index in [1.54, 1.807) is 30.3 Å². The standard InChI is InChI=1S/C24H22N2O5/c27-22(14-5-2-1-3-6-14)21-20-19(16-7-4-10-25(16)21)23(28)26(24(20)29)15-8-9-17-18(13-15)31-12-11-30-17/h1-3,5-6,8-9,13,16,19-21H,4,7,10-12H2/t16-,19+,20-,21+/m1/s1.